The summed E-state index contributed by atoms with van der Waals surface area (Å²) in [6.45, 7) is 1.79. The van der Waals surface area contributed by atoms with Crippen LogP contribution in [0.3, 0.4) is 0 Å². The van der Waals surface area contributed by atoms with Gasteiger partial charge in [-0.25, -0.2) is 8.78 Å². The molecule has 0 heterocycles. The highest BCUT2D eigenvalue weighted by Crippen LogP contribution is 2.32. The largest absolute Gasteiger partial charge is 0.481 e. The SMILES string of the molecule is CCC(NC(=O)[C@@H]1CC[C@H](C(=O)O)C1)c1ccc(F)cc1F. The minimum Gasteiger partial charge on any atom is -0.481 e. The molecule has 1 fully saturated rings. The first-order chi connectivity index (χ1) is 10.4. The summed E-state index contributed by atoms with van der Waals surface area (Å²) in [5.41, 5.74) is 0.241. The van der Waals surface area contributed by atoms with Gasteiger partial charge in [0.25, 0.3) is 0 Å². The van der Waals surface area contributed by atoms with E-state index in [0.29, 0.717) is 25.7 Å². The molecule has 3 atom stereocenters. The molecule has 6 heteroatoms. The van der Waals surface area contributed by atoms with Crippen molar-refractivity contribution < 1.29 is 23.5 Å². The molecule has 2 rings (SSSR count). The van der Waals surface area contributed by atoms with Gasteiger partial charge in [-0.2, -0.15) is 0 Å². The van der Waals surface area contributed by atoms with E-state index in [1.807, 2.05) is 0 Å². The molecule has 0 aliphatic heterocycles. The van der Waals surface area contributed by atoms with E-state index in [1.54, 1.807) is 6.92 Å². The van der Waals surface area contributed by atoms with Crippen LogP contribution in [-0.2, 0) is 9.59 Å². The van der Waals surface area contributed by atoms with Crippen LogP contribution >= 0.6 is 0 Å². The lowest BCUT2D eigenvalue weighted by Gasteiger charge is -2.20. The predicted octanol–water partition coefficient (Wildman–Crippen LogP) is 3.03. The van der Waals surface area contributed by atoms with Crippen LogP contribution in [0.2, 0.25) is 0 Å². The Labute approximate surface area is 127 Å². The number of carboxylic acid groups (broad SMARTS) is 1. The third kappa shape index (κ3) is 3.61. The van der Waals surface area contributed by atoms with Gasteiger partial charge in [0.1, 0.15) is 11.6 Å². The van der Waals surface area contributed by atoms with Crippen LogP contribution in [0, 0.1) is 23.5 Å². The Morgan fingerprint density at radius 1 is 1.32 bits per heavy atom. The smallest absolute Gasteiger partial charge is 0.306 e. The van der Waals surface area contributed by atoms with Gasteiger partial charge in [-0.3, -0.25) is 9.59 Å². The predicted molar refractivity (Wildman–Crippen MR) is 76.0 cm³/mol. The number of amides is 1. The Hall–Kier alpha value is -1.98. The van der Waals surface area contributed by atoms with Crippen molar-refractivity contribution in [1.82, 2.24) is 5.32 Å². The molecule has 4 nitrogen and oxygen atoms in total. The highest BCUT2D eigenvalue weighted by Gasteiger charge is 2.34. The third-order valence-electron chi connectivity index (χ3n) is 4.22. The average molecular weight is 311 g/mol. The fraction of sp³-hybridized carbons (Fsp3) is 0.500. The molecule has 0 aromatic heterocycles. The lowest BCUT2D eigenvalue weighted by Crippen LogP contribution is -2.33. The van der Waals surface area contributed by atoms with Gasteiger partial charge in [0.2, 0.25) is 5.91 Å². The van der Waals surface area contributed by atoms with Crippen LogP contribution in [0.15, 0.2) is 18.2 Å². The van der Waals surface area contributed by atoms with Crippen molar-refractivity contribution in [3.63, 3.8) is 0 Å². The van der Waals surface area contributed by atoms with E-state index in [2.05, 4.69) is 5.32 Å². The Balaban J connectivity index is 2.04. The minimum absolute atomic E-state index is 0.241. The van der Waals surface area contributed by atoms with Crippen LogP contribution in [-0.4, -0.2) is 17.0 Å². The number of aliphatic carboxylic acids is 1. The van der Waals surface area contributed by atoms with Crippen LogP contribution in [0.1, 0.15) is 44.2 Å². The topological polar surface area (TPSA) is 66.4 Å². The summed E-state index contributed by atoms with van der Waals surface area (Å²) in [6, 6.07) is 2.73. The van der Waals surface area contributed by atoms with Crippen LogP contribution in [0.25, 0.3) is 0 Å². The fourth-order valence-electron chi connectivity index (χ4n) is 2.92. The molecule has 0 saturated heterocycles. The van der Waals surface area contributed by atoms with Crippen molar-refractivity contribution in [2.75, 3.05) is 0 Å². The molecule has 0 spiro atoms. The molecule has 22 heavy (non-hydrogen) atoms. The summed E-state index contributed by atoms with van der Waals surface area (Å²) >= 11 is 0. The highest BCUT2D eigenvalue weighted by molar-refractivity contribution is 5.81. The lowest BCUT2D eigenvalue weighted by molar-refractivity contribution is -0.141. The van der Waals surface area contributed by atoms with Gasteiger partial charge >= 0.3 is 5.97 Å². The van der Waals surface area contributed by atoms with Crippen molar-refractivity contribution in [2.45, 2.75) is 38.6 Å². The van der Waals surface area contributed by atoms with Crippen LogP contribution in [0.4, 0.5) is 8.78 Å². The van der Waals surface area contributed by atoms with E-state index in [9.17, 15) is 18.4 Å². The van der Waals surface area contributed by atoms with Gasteiger partial charge < -0.3 is 10.4 Å². The van der Waals surface area contributed by atoms with Crippen molar-refractivity contribution >= 4 is 11.9 Å². The zero-order valence-corrected chi connectivity index (χ0v) is 12.3. The van der Waals surface area contributed by atoms with Crippen LogP contribution < -0.4 is 5.32 Å². The number of hydrogen-bond acceptors (Lipinski definition) is 2. The molecule has 1 aliphatic carbocycles. The molecule has 0 radical (unpaired) electrons. The molecule has 1 amide bonds. The number of carboxylic acids is 1. The van der Waals surface area contributed by atoms with Crippen molar-refractivity contribution in [3.8, 4) is 0 Å². The Morgan fingerprint density at radius 2 is 2.00 bits per heavy atom. The molecule has 1 aliphatic rings. The number of benzene rings is 1. The van der Waals surface area contributed by atoms with E-state index in [4.69, 9.17) is 5.11 Å². The van der Waals surface area contributed by atoms with Crippen molar-refractivity contribution in [3.05, 3.63) is 35.4 Å². The van der Waals surface area contributed by atoms with Gasteiger partial charge in [-0.05, 0) is 31.7 Å². The maximum Gasteiger partial charge on any atom is 0.306 e. The molecular formula is C16H19F2NO3. The summed E-state index contributed by atoms with van der Waals surface area (Å²) in [5, 5.41) is 11.7. The summed E-state index contributed by atoms with van der Waals surface area (Å²) in [7, 11) is 0. The second-order valence-corrected chi connectivity index (χ2v) is 5.68. The molecular weight excluding hydrogens is 292 g/mol. The van der Waals surface area contributed by atoms with Gasteiger partial charge in [-0.1, -0.05) is 13.0 Å². The number of carbonyl (C=O) groups excluding carboxylic acids is 1. The van der Waals surface area contributed by atoms with Crippen molar-refractivity contribution in [2.24, 2.45) is 11.8 Å². The monoisotopic (exact) mass is 311 g/mol. The van der Waals surface area contributed by atoms with E-state index in [1.165, 1.54) is 6.07 Å². The zero-order valence-electron chi connectivity index (χ0n) is 12.3. The maximum absolute atomic E-state index is 13.8. The number of rotatable bonds is 5. The quantitative estimate of drug-likeness (QED) is 0.878. The standard InChI is InChI=1S/C16H19F2NO3/c1-2-14(12-6-5-11(17)8-13(12)18)19-15(20)9-3-4-10(7-9)16(21)22/h5-6,8-10,14H,2-4,7H2,1H3,(H,19,20)(H,21,22)/t9-,10+,14?/m1/s1. The Morgan fingerprint density at radius 3 is 2.55 bits per heavy atom. The Kier molecular flexibility index (Phi) is 5.11. The average Bonchev–Trinajstić information content (AvgIpc) is 2.95. The van der Waals surface area contributed by atoms with E-state index in [-0.39, 0.29) is 17.4 Å². The summed E-state index contributed by atoms with van der Waals surface area (Å²) in [5.74, 6) is -3.35. The summed E-state index contributed by atoms with van der Waals surface area (Å²) < 4.78 is 26.8. The molecule has 0 bridgehead atoms. The molecule has 1 unspecified atom stereocenters. The maximum atomic E-state index is 13.8. The first kappa shape index (κ1) is 16.4. The Bertz CT molecular complexity index is 577. The van der Waals surface area contributed by atoms with E-state index in [0.717, 1.165) is 12.1 Å². The first-order valence-electron chi connectivity index (χ1n) is 7.40. The third-order valence-corrected chi connectivity index (χ3v) is 4.22. The highest BCUT2D eigenvalue weighted by atomic mass is 19.1. The fourth-order valence-corrected chi connectivity index (χ4v) is 2.92. The van der Waals surface area contributed by atoms with Crippen molar-refractivity contribution in [1.29, 1.82) is 0 Å². The first-order valence-corrected chi connectivity index (χ1v) is 7.40. The number of hydrogen-bond donors (Lipinski definition) is 2. The second kappa shape index (κ2) is 6.85. The van der Waals surface area contributed by atoms with Crippen LogP contribution in [0.5, 0.6) is 0 Å². The molecule has 2 N–H and O–H groups in total. The second-order valence-electron chi connectivity index (χ2n) is 5.68. The number of nitrogens with one attached hydrogen (secondary N) is 1. The zero-order chi connectivity index (χ0) is 16.3. The number of carbonyl (C=O) groups is 2. The van der Waals surface area contributed by atoms with Gasteiger partial charge in [-0.15, -0.1) is 0 Å². The molecule has 1 aromatic carbocycles. The molecule has 1 saturated carbocycles. The minimum atomic E-state index is -0.882. The molecule has 120 valence electrons. The normalized spacial score (nSPS) is 22.3. The molecule has 1 aromatic rings. The van der Waals surface area contributed by atoms with Gasteiger partial charge in [0.05, 0.1) is 12.0 Å². The van der Waals surface area contributed by atoms with Gasteiger partial charge in [0, 0.05) is 17.5 Å². The lowest BCUT2D eigenvalue weighted by atomic mass is 10.0. The van der Waals surface area contributed by atoms with E-state index < -0.39 is 29.6 Å². The number of halogens is 2. The summed E-state index contributed by atoms with van der Waals surface area (Å²) in [6.07, 6.45) is 1.77. The summed E-state index contributed by atoms with van der Waals surface area (Å²) in [4.78, 5) is 23.2. The van der Waals surface area contributed by atoms with Gasteiger partial charge in [0.15, 0.2) is 0 Å². The van der Waals surface area contributed by atoms with E-state index >= 15 is 0 Å².